The Hall–Kier alpha value is -1.10. The average molecular weight is 228 g/mol. The van der Waals surface area contributed by atoms with Gasteiger partial charge in [0.2, 0.25) is 5.91 Å². The molecule has 0 aromatic rings. The Bertz CT molecular complexity index is 302. The third-order valence-electron chi connectivity index (χ3n) is 3.53. The van der Waals surface area contributed by atoms with Gasteiger partial charge in [-0.25, -0.2) is 0 Å². The summed E-state index contributed by atoms with van der Waals surface area (Å²) in [5.74, 6) is -0.970. The maximum Gasteiger partial charge on any atom is 0.311 e. The third-order valence-corrected chi connectivity index (χ3v) is 3.53. The normalized spacial score (nSPS) is 27.2. The standard InChI is InChI=1S/C11H20N2O3/c1-7(2)11(10(15)16)4-5-13(6-11)9(14)8(3)12/h7-8H,4-6,12H2,1-3H3,(H,15,16)/t8-,11?/m0/s1. The highest BCUT2D eigenvalue weighted by atomic mass is 16.4. The van der Waals surface area contributed by atoms with E-state index in [4.69, 9.17) is 5.73 Å². The quantitative estimate of drug-likeness (QED) is 0.727. The van der Waals surface area contributed by atoms with Crippen molar-refractivity contribution in [2.45, 2.75) is 33.2 Å². The smallest absolute Gasteiger partial charge is 0.311 e. The molecule has 1 heterocycles. The van der Waals surface area contributed by atoms with Crippen molar-refractivity contribution >= 4 is 11.9 Å². The molecular formula is C11H20N2O3. The van der Waals surface area contributed by atoms with Crippen LogP contribution in [0.1, 0.15) is 27.2 Å². The van der Waals surface area contributed by atoms with Gasteiger partial charge in [0.1, 0.15) is 0 Å². The van der Waals surface area contributed by atoms with E-state index in [9.17, 15) is 14.7 Å². The van der Waals surface area contributed by atoms with Gasteiger partial charge in [-0.1, -0.05) is 13.8 Å². The molecule has 1 saturated heterocycles. The first-order valence-electron chi connectivity index (χ1n) is 5.59. The van der Waals surface area contributed by atoms with Crippen LogP contribution < -0.4 is 5.73 Å². The summed E-state index contributed by atoms with van der Waals surface area (Å²) in [7, 11) is 0. The molecule has 0 bridgehead atoms. The van der Waals surface area contributed by atoms with E-state index >= 15 is 0 Å². The number of carboxylic acids is 1. The van der Waals surface area contributed by atoms with Gasteiger partial charge < -0.3 is 15.7 Å². The molecule has 92 valence electrons. The van der Waals surface area contributed by atoms with E-state index in [2.05, 4.69) is 0 Å². The molecule has 0 radical (unpaired) electrons. The van der Waals surface area contributed by atoms with Gasteiger partial charge in [-0.2, -0.15) is 0 Å². The molecule has 1 aliphatic rings. The third kappa shape index (κ3) is 2.04. The fourth-order valence-electron chi connectivity index (χ4n) is 2.20. The first-order chi connectivity index (χ1) is 7.31. The van der Waals surface area contributed by atoms with E-state index in [1.807, 2.05) is 13.8 Å². The van der Waals surface area contributed by atoms with E-state index in [0.717, 1.165) is 0 Å². The SMILES string of the molecule is CC(C)C1(C(=O)O)CCN(C(=O)[C@H](C)N)C1. The van der Waals surface area contributed by atoms with Gasteiger partial charge in [-0.15, -0.1) is 0 Å². The van der Waals surface area contributed by atoms with Crippen LogP contribution in [-0.4, -0.2) is 41.0 Å². The van der Waals surface area contributed by atoms with Crippen molar-refractivity contribution in [2.75, 3.05) is 13.1 Å². The fraction of sp³-hybridized carbons (Fsp3) is 0.818. The molecule has 1 aliphatic heterocycles. The number of nitrogens with zero attached hydrogens (tertiary/aromatic N) is 1. The lowest BCUT2D eigenvalue weighted by molar-refractivity contribution is -0.151. The molecule has 2 atom stereocenters. The largest absolute Gasteiger partial charge is 0.481 e. The molecule has 1 fully saturated rings. The van der Waals surface area contributed by atoms with Crippen LogP contribution in [0.15, 0.2) is 0 Å². The molecule has 16 heavy (non-hydrogen) atoms. The Kier molecular flexibility index (Phi) is 3.57. The van der Waals surface area contributed by atoms with Crippen LogP contribution in [0.25, 0.3) is 0 Å². The molecule has 0 aromatic heterocycles. The molecule has 1 rings (SSSR count). The lowest BCUT2D eigenvalue weighted by Crippen LogP contribution is -2.44. The number of carbonyl (C=O) groups is 2. The molecule has 0 aliphatic carbocycles. The van der Waals surface area contributed by atoms with Crippen LogP contribution in [0.4, 0.5) is 0 Å². The zero-order valence-electron chi connectivity index (χ0n) is 10.1. The van der Waals surface area contributed by atoms with Crippen LogP contribution in [0.3, 0.4) is 0 Å². The summed E-state index contributed by atoms with van der Waals surface area (Å²) < 4.78 is 0. The minimum Gasteiger partial charge on any atom is -0.481 e. The Morgan fingerprint density at radius 2 is 1.94 bits per heavy atom. The summed E-state index contributed by atoms with van der Waals surface area (Å²) in [6, 6.07) is -0.559. The Labute approximate surface area is 95.6 Å². The minimum atomic E-state index is -0.817. The highest BCUT2D eigenvalue weighted by Gasteiger charge is 2.48. The number of rotatable bonds is 3. The van der Waals surface area contributed by atoms with Crippen molar-refractivity contribution in [3.05, 3.63) is 0 Å². The Morgan fingerprint density at radius 3 is 2.25 bits per heavy atom. The molecular weight excluding hydrogens is 208 g/mol. The number of nitrogens with two attached hydrogens (primary N) is 1. The second-order valence-corrected chi connectivity index (χ2v) is 4.91. The first-order valence-corrected chi connectivity index (χ1v) is 5.59. The van der Waals surface area contributed by atoms with E-state index in [0.29, 0.717) is 13.0 Å². The van der Waals surface area contributed by atoms with Gasteiger partial charge in [0.15, 0.2) is 0 Å². The van der Waals surface area contributed by atoms with Crippen LogP contribution in [0.2, 0.25) is 0 Å². The van der Waals surface area contributed by atoms with Crippen molar-refractivity contribution in [1.82, 2.24) is 4.90 Å². The Morgan fingerprint density at radius 1 is 1.38 bits per heavy atom. The van der Waals surface area contributed by atoms with Crippen molar-refractivity contribution in [3.63, 3.8) is 0 Å². The van der Waals surface area contributed by atoms with Gasteiger partial charge >= 0.3 is 5.97 Å². The van der Waals surface area contributed by atoms with Gasteiger partial charge in [0.25, 0.3) is 0 Å². The number of hydrogen-bond donors (Lipinski definition) is 2. The summed E-state index contributed by atoms with van der Waals surface area (Å²) in [6.45, 7) is 6.16. The second kappa shape index (κ2) is 4.41. The maximum absolute atomic E-state index is 11.7. The summed E-state index contributed by atoms with van der Waals surface area (Å²) in [5.41, 5.74) is 4.72. The Balaban J connectivity index is 2.83. The van der Waals surface area contributed by atoms with Gasteiger partial charge in [0, 0.05) is 13.1 Å². The van der Waals surface area contributed by atoms with E-state index in [-0.39, 0.29) is 18.4 Å². The predicted octanol–water partition coefficient (Wildman–Crippen LogP) is 0.293. The van der Waals surface area contributed by atoms with Gasteiger partial charge in [-0.05, 0) is 19.3 Å². The van der Waals surface area contributed by atoms with Crippen molar-refractivity contribution in [3.8, 4) is 0 Å². The fourth-order valence-corrected chi connectivity index (χ4v) is 2.20. The topological polar surface area (TPSA) is 83.6 Å². The number of amides is 1. The summed E-state index contributed by atoms with van der Waals surface area (Å²) in [5, 5.41) is 9.30. The number of carboxylic acid groups (broad SMARTS) is 1. The average Bonchev–Trinajstić information content (AvgIpc) is 2.61. The summed E-state index contributed by atoms with van der Waals surface area (Å²) in [6.07, 6.45) is 0.512. The van der Waals surface area contributed by atoms with Gasteiger partial charge in [-0.3, -0.25) is 9.59 Å². The van der Waals surface area contributed by atoms with Crippen LogP contribution in [0, 0.1) is 11.3 Å². The molecule has 0 spiro atoms. The molecule has 5 heteroatoms. The second-order valence-electron chi connectivity index (χ2n) is 4.91. The maximum atomic E-state index is 11.7. The number of aliphatic carboxylic acids is 1. The lowest BCUT2D eigenvalue weighted by Gasteiger charge is -2.29. The molecule has 3 N–H and O–H groups in total. The molecule has 0 saturated carbocycles. The van der Waals surface area contributed by atoms with Crippen LogP contribution in [-0.2, 0) is 9.59 Å². The summed E-state index contributed by atoms with van der Waals surface area (Å²) in [4.78, 5) is 24.6. The van der Waals surface area contributed by atoms with Crippen LogP contribution in [0.5, 0.6) is 0 Å². The zero-order valence-corrected chi connectivity index (χ0v) is 10.1. The van der Waals surface area contributed by atoms with E-state index < -0.39 is 17.4 Å². The van der Waals surface area contributed by atoms with E-state index in [1.54, 1.807) is 11.8 Å². The molecule has 1 unspecified atom stereocenters. The zero-order chi connectivity index (χ0) is 12.5. The monoisotopic (exact) mass is 228 g/mol. The first kappa shape index (κ1) is 13.0. The minimum absolute atomic E-state index is 0.0101. The number of likely N-dealkylation sites (tertiary alicyclic amines) is 1. The van der Waals surface area contributed by atoms with Crippen LogP contribution >= 0.6 is 0 Å². The number of hydrogen-bond acceptors (Lipinski definition) is 3. The van der Waals surface area contributed by atoms with Crippen molar-refractivity contribution < 1.29 is 14.7 Å². The molecule has 0 aromatic carbocycles. The summed E-state index contributed by atoms with van der Waals surface area (Å²) >= 11 is 0. The highest BCUT2D eigenvalue weighted by Crippen LogP contribution is 2.38. The highest BCUT2D eigenvalue weighted by molar-refractivity contribution is 5.83. The predicted molar refractivity (Wildman–Crippen MR) is 59.8 cm³/mol. The molecule has 1 amide bonds. The lowest BCUT2D eigenvalue weighted by atomic mass is 9.76. The van der Waals surface area contributed by atoms with Crippen molar-refractivity contribution in [1.29, 1.82) is 0 Å². The molecule has 5 nitrogen and oxygen atoms in total. The number of carbonyl (C=O) groups excluding carboxylic acids is 1. The van der Waals surface area contributed by atoms with Gasteiger partial charge in [0.05, 0.1) is 11.5 Å². The van der Waals surface area contributed by atoms with Crippen molar-refractivity contribution in [2.24, 2.45) is 17.1 Å². The van der Waals surface area contributed by atoms with E-state index in [1.165, 1.54) is 0 Å².